The normalized spacial score (nSPS) is 14.8. The number of aromatic nitrogens is 1. The number of carbonyl (C=O) groups is 1. The van der Waals surface area contributed by atoms with Gasteiger partial charge in [0.25, 0.3) is 5.91 Å². The molecule has 3 aromatic rings. The van der Waals surface area contributed by atoms with Crippen molar-refractivity contribution in [1.82, 2.24) is 9.88 Å². The second-order valence-electron chi connectivity index (χ2n) is 7.13. The average molecular weight is 480 g/mol. The van der Waals surface area contributed by atoms with Gasteiger partial charge in [-0.3, -0.25) is 4.79 Å². The van der Waals surface area contributed by atoms with Crippen LogP contribution in [0.4, 0.5) is 5.13 Å². The molecule has 1 aromatic heterocycles. The molecule has 1 amide bonds. The number of hydrogen-bond donors (Lipinski definition) is 0. The highest BCUT2D eigenvalue weighted by atomic mass is 35.5. The van der Waals surface area contributed by atoms with Gasteiger partial charge in [-0.25, -0.2) is 13.4 Å². The van der Waals surface area contributed by atoms with Gasteiger partial charge in [0.15, 0.2) is 15.0 Å². The SMILES string of the molecule is CCS(=O)(=O)c1ccc(C(=O)N2CCN(c3nc4c(OC)ccc(Cl)c4s3)CC2)cc1. The summed E-state index contributed by atoms with van der Waals surface area (Å²) in [5.74, 6) is 0.615. The molecule has 2 aromatic carbocycles. The van der Waals surface area contributed by atoms with E-state index < -0.39 is 9.84 Å². The minimum absolute atomic E-state index is 0.0328. The number of halogens is 1. The second-order valence-corrected chi connectivity index (χ2v) is 10.8. The molecule has 10 heteroatoms. The van der Waals surface area contributed by atoms with Gasteiger partial charge in [-0.1, -0.05) is 29.9 Å². The molecule has 0 aliphatic carbocycles. The van der Waals surface area contributed by atoms with Gasteiger partial charge in [-0.15, -0.1) is 0 Å². The summed E-state index contributed by atoms with van der Waals surface area (Å²) in [5.41, 5.74) is 1.23. The van der Waals surface area contributed by atoms with Crippen molar-refractivity contribution in [2.75, 3.05) is 43.9 Å². The summed E-state index contributed by atoms with van der Waals surface area (Å²) in [6, 6.07) is 9.78. The fourth-order valence-electron chi connectivity index (χ4n) is 3.50. The first-order valence-electron chi connectivity index (χ1n) is 9.84. The number of carbonyl (C=O) groups excluding carboxylic acids is 1. The van der Waals surface area contributed by atoms with Crippen molar-refractivity contribution in [1.29, 1.82) is 0 Å². The summed E-state index contributed by atoms with van der Waals surface area (Å²) in [4.78, 5) is 21.7. The highest BCUT2D eigenvalue weighted by molar-refractivity contribution is 7.91. The van der Waals surface area contributed by atoms with Crippen LogP contribution in [0.15, 0.2) is 41.3 Å². The molecule has 31 heavy (non-hydrogen) atoms. The molecule has 0 saturated carbocycles. The van der Waals surface area contributed by atoms with E-state index in [0.29, 0.717) is 42.5 Å². The highest BCUT2D eigenvalue weighted by Crippen LogP contribution is 2.38. The van der Waals surface area contributed by atoms with E-state index in [1.54, 1.807) is 37.1 Å². The van der Waals surface area contributed by atoms with Gasteiger partial charge in [0.1, 0.15) is 11.3 Å². The first-order valence-corrected chi connectivity index (χ1v) is 12.7. The molecule has 0 atom stereocenters. The van der Waals surface area contributed by atoms with Crippen LogP contribution in [0.1, 0.15) is 17.3 Å². The smallest absolute Gasteiger partial charge is 0.253 e. The maximum atomic E-state index is 12.9. The first kappa shape index (κ1) is 21.9. The summed E-state index contributed by atoms with van der Waals surface area (Å²) in [5, 5.41) is 1.49. The first-order chi connectivity index (χ1) is 14.8. The largest absolute Gasteiger partial charge is 0.494 e. The number of benzene rings is 2. The number of piperazine rings is 1. The Morgan fingerprint density at radius 1 is 1.13 bits per heavy atom. The third kappa shape index (κ3) is 4.22. The maximum Gasteiger partial charge on any atom is 0.253 e. The van der Waals surface area contributed by atoms with Crippen molar-refractivity contribution in [3.8, 4) is 5.75 Å². The molecule has 0 bridgehead atoms. The minimum Gasteiger partial charge on any atom is -0.494 e. The van der Waals surface area contributed by atoms with Crippen molar-refractivity contribution in [2.45, 2.75) is 11.8 Å². The lowest BCUT2D eigenvalue weighted by Gasteiger charge is -2.34. The van der Waals surface area contributed by atoms with Gasteiger partial charge in [0.2, 0.25) is 0 Å². The van der Waals surface area contributed by atoms with E-state index in [1.807, 2.05) is 6.07 Å². The van der Waals surface area contributed by atoms with Crippen LogP contribution in [0, 0.1) is 0 Å². The Kier molecular flexibility index (Phi) is 6.09. The van der Waals surface area contributed by atoms with Crippen molar-refractivity contribution in [2.24, 2.45) is 0 Å². The molecule has 4 rings (SSSR count). The molecule has 2 heterocycles. The van der Waals surface area contributed by atoms with Crippen LogP contribution in [0.5, 0.6) is 5.75 Å². The maximum absolute atomic E-state index is 12.9. The van der Waals surface area contributed by atoms with Crippen molar-refractivity contribution >= 4 is 54.0 Å². The zero-order chi connectivity index (χ0) is 22.2. The number of anilines is 1. The van der Waals surface area contributed by atoms with Crippen LogP contribution < -0.4 is 9.64 Å². The summed E-state index contributed by atoms with van der Waals surface area (Å²) in [6.07, 6.45) is 0. The van der Waals surface area contributed by atoms with Gasteiger partial charge in [-0.2, -0.15) is 0 Å². The minimum atomic E-state index is -3.28. The predicted octanol–water partition coefficient (Wildman–Crippen LogP) is 3.71. The molecule has 1 saturated heterocycles. The molecule has 164 valence electrons. The van der Waals surface area contributed by atoms with Crippen LogP contribution in [0.3, 0.4) is 0 Å². The number of amides is 1. The van der Waals surface area contributed by atoms with E-state index in [1.165, 1.54) is 23.5 Å². The van der Waals surface area contributed by atoms with Crippen LogP contribution in [-0.4, -0.2) is 63.3 Å². The van der Waals surface area contributed by atoms with Gasteiger partial charge >= 0.3 is 0 Å². The molecular weight excluding hydrogens is 458 g/mol. The summed E-state index contributed by atoms with van der Waals surface area (Å²) >= 11 is 7.84. The van der Waals surface area contributed by atoms with E-state index in [-0.39, 0.29) is 16.6 Å². The predicted molar refractivity (Wildman–Crippen MR) is 123 cm³/mol. The molecule has 0 spiro atoms. The zero-order valence-corrected chi connectivity index (χ0v) is 19.6. The number of sulfone groups is 1. The molecule has 0 radical (unpaired) electrons. The quantitative estimate of drug-likeness (QED) is 0.555. The lowest BCUT2D eigenvalue weighted by Crippen LogP contribution is -2.48. The molecular formula is C21H22ClN3O4S2. The summed E-state index contributed by atoms with van der Waals surface area (Å²) < 4.78 is 30.2. The van der Waals surface area contributed by atoms with Crippen LogP contribution >= 0.6 is 22.9 Å². The molecule has 1 aliphatic rings. The fraction of sp³-hybridized carbons (Fsp3) is 0.333. The lowest BCUT2D eigenvalue weighted by atomic mass is 10.2. The summed E-state index contributed by atoms with van der Waals surface area (Å²) in [6.45, 7) is 3.99. The molecule has 7 nitrogen and oxygen atoms in total. The molecule has 1 fully saturated rings. The molecule has 0 unspecified atom stereocenters. The van der Waals surface area contributed by atoms with E-state index in [4.69, 9.17) is 21.3 Å². The Morgan fingerprint density at radius 2 is 1.81 bits per heavy atom. The van der Waals surface area contributed by atoms with Crippen LogP contribution in [-0.2, 0) is 9.84 Å². The number of fused-ring (bicyclic) bond motifs is 1. The monoisotopic (exact) mass is 479 g/mol. The Morgan fingerprint density at radius 3 is 2.42 bits per heavy atom. The van der Waals surface area contributed by atoms with Crippen LogP contribution in [0.2, 0.25) is 5.02 Å². The van der Waals surface area contributed by atoms with Crippen molar-refractivity contribution < 1.29 is 17.9 Å². The van der Waals surface area contributed by atoms with Crippen molar-refractivity contribution in [3.05, 3.63) is 47.0 Å². The van der Waals surface area contributed by atoms with Crippen molar-refractivity contribution in [3.63, 3.8) is 0 Å². The Balaban J connectivity index is 1.46. The third-order valence-corrected chi connectivity index (χ3v) is 8.67. The Labute approximate surface area is 190 Å². The van der Waals surface area contributed by atoms with Gasteiger partial charge in [0.05, 0.1) is 27.5 Å². The number of hydrogen-bond acceptors (Lipinski definition) is 7. The topological polar surface area (TPSA) is 79.8 Å². The molecule has 0 N–H and O–H groups in total. The van der Waals surface area contributed by atoms with E-state index in [0.717, 1.165) is 15.3 Å². The van der Waals surface area contributed by atoms with E-state index >= 15 is 0 Å². The summed E-state index contributed by atoms with van der Waals surface area (Å²) in [7, 11) is -1.67. The van der Waals surface area contributed by atoms with Gasteiger partial charge in [0, 0.05) is 31.7 Å². The molecule has 1 aliphatic heterocycles. The Bertz CT molecular complexity index is 1220. The number of methoxy groups -OCH3 is 1. The van der Waals surface area contributed by atoms with Crippen LogP contribution in [0.25, 0.3) is 10.2 Å². The number of thiazole rings is 1. The highest BCUT2D eigenvalue weighted by Gasteiger charge is 2.25. The van der Waals surface area contributed by atoms with Gasteiger partial charge in [-0.05, 0) is 36.4 Å². The lowest BCUT2D eigenvalue weighted by molar-refractivity contribution is 0.0746. The number of rotatable bonds is 5. The number of ether oxygens (including phenoxy) is 1. The van der Waals surface area contributed by atoms with E-state index in [9.17, 15) is 13.2 Å². The third-order valence-electron chi connectivity index (χ3n) is 5.34. The van der Waals surface area contributed by atoms with E-state index in [2.05, 4.69) is 4.90 Å². The Hall–Kier alpha value is -2.36. The number of nitrogens with zero attached hydrogens (tertiary/aromatic N) is 3. The standard InChI is InChI=1S/C21H22ClN3O4S2/c1-3-31(27,28)15-6-4-14(5-7-15)20(26)24-10-12-25(13-11-24)21-23-18-17(29-2)9-8-16(22)19(18)30-21/h4-9H,3,10-13H2,1-2H3. The average Bonchev–Trinajstić information content (AvgIpc) is 3.25. The zero-order valence-electron chi connectivity index (χ0n) is 17.2. The van der Waals surface area contributed by atoms with Gasteiger partial charge < -0.3 is 14.5 Å². The fourth-order valence-corrected chi connectivity index (χ4v) is 5.69. The second kappa shape index (κ2) is 8.64.